The minimum atomic E-state index is -0.275. The molecule has 0 aromatic heterocycles. The van der Waals surface area contributed by atoms with Crippen molar-refractivity contribution in [3.05, 3.63) is 89.7 Å². The lowest BCUT2D eigenvalue weighted by Gasteiger charge is -2.24. The van der Waals surface area contributed by atoms with Crippen molar-refractivity contribution in [2.24, 2.45) is 10.1 Å². The number of nitriles is 1. The first-order valence-electron chi connectivity index (χ1n) is 10.5. The lowest BCUT2D eigenvalue weighted by molar-refractivity contribution is 0.519. The highest BCUT2D eigenvalue weighted by Gasteiger charge is 2.38. The molecule has 0 radical (unpaired) electrons. The van der Waals surface area contributed by atoms with Gasteiger partial charge in [-0.2, -0.15) is 10.3 Å². The molecule has 1 aliphatic heterocycles. The maximum Gasteiger partial charge on any atom is 0.236 e. The molecule has 0 saturated carbocycles. The Morgan fingerprint density at radius 2 is 1.61 bits per heavy atom. The van der Waals surface area contributed by atoms with Crippen LogP contribution < -0.4 is 4.59 Å². The summed E-state index contributed by atoms with van der Waals surface area (Å²) in [6.07, 6.45) is 2.92. The van der Waals surface area contributed by atoms with Crippen molar-refractivity contribution in [2.75, 3.05) is 7.05 Å². The number of nitrogens with zero attached hydrogens (tertiary/aromatic N) is 4. The molecule has 1 unspecified atom stereocenters. The van der Waals surface area contributed by atoms with E-state index in [1.807, 2.05) is 55.6 Å². The molecule has 4 rings (SSSR count). The van der Waals surface area contributed by atoms with Crippen LogP contribution in [0.3, 0.4) is 0 Å². The smallest absolute Gasteiger partial charge is 0.207 e. The van der Waals surface area contributed by atoms with Gasteiger partial charge in [-0.05, 0) is 65.1 Å². The number of rotatable bonds is 6. The zero-order valence-corrected chi connectivity index (χ0v) is 17.7. The van der Waals surface area contributed by atoms with E-state index in [0.717, 1.165) is 47.5 Å². The molecule has 31 heavy (non-hydrogen) atoms. The molecule has 1 heterocycles. The van der Waals surface area contributed by atoms with E-state index >= 15 is 0 Å². The van der Waals surface area contributed by atoms with Crippen LogP contribution in [0, 0.1) is 17.1 Å². The molecule has 0 aliphatic carbocycles. The standard InChI is InChI=1S/C26H24FN4/c1-3-4-9-25-29-26(20-10-14-22(27)15-11-20)30-31(25,2)23-16-12-19(13-17-23)24-8-6-5-7-21(24)18-28/h5-8,10-17H,3-4,9H2,1-2H3/q+1. The van der Waals surface area contributed by atoms with Crippen molar-refractivity contribution in [1.29, 1.82) is 5.26 Å². The normalized spacial score (nSPS) is 17.7. The van der Waals surface area contributed by atoms with Crippen LogP contribution >= 0.6 is 0 Å². The SMILES string of the molecule is CCCCC1=NC(c2ccc(F)cc2)=N[N+]1(C)c1ccc(-c2ccccc2C#N)cc1. The molecule has 3 aromatic rings. The van der Waals surface area contributed by atoms with Crippen LogP contribution in [0.2, 0.25) is 0 Å². The lowest BCUT2D eigenvalue weighted by atomic mass is 10.00. The molecule has 0 bridgehead atoms. The van der Waals surface area contributed by atoms with E-state index < -0.39 is 0 Å². The van der Waals surface area contributed by atoms with Crippen molar-refractivity contribution in [1.82, 2.24) is 4.59 Å². The number of amidine groups is 2. The maximum atomic E-state index is 13.4. The molecule has 0 fully saturated rings. The van der Waals surface area contributed by atoms with E-state index in [1.54, 1.807) is 12.1 Å². The van der Waals surface area contributed by atoms with Gasteiger partial charge in [-0.15, -0.1) is 4.59 Å². The highest BCUT2D eigenvalue weighted by atomic mass is 19.1. The van der Waals surface area contributed by atoms with E-state index in [1.165, 1.54) is 12.1 Å². The molecule has 5 heteroatoms. The molecule has 0 saturated heterocycles. The second-order valence-electron chi connectivity index (χ2n) is 7.73. The lowest BCUT2D eigenvalue weighted by Crippen LogP contribution is -2.43. The maximum absolute atomic E-state index is 13.4. The average Bonchev–Trinajstić information content (AvgIpc) is 3.15. The van der Waals surface area contributed by atoms with Crippen molar-refractivity contribution in [3.8, 4) is 17.2 Å². The summed E-state index contributed by atoms with van der Waals surface area (Å²) in [5.41, 5.74) is 4.35. The summed E-state index contributed by atoms with van der Waals surface area (Å²) in [6.45, 7) is 2.16. The minimum absolute atomic E-state index is 0.243. The summed E-state index contributed by atoms with van der Waals surface area (Å²) in [4.78, 5) is 4.84. The minimum Gasteiger partial charge on any atom is -0.207 e. The van der Waals surface area contributed by atoms with Gasteiger partial charge in [0, 0.05) is 24.1 Å². The van der Waals surface area contributed by atoms with E-state index in [9.17, 15) is 9.65 Å². The molecule has 0 spiro atoms. The number of halogens is 1. The van der Waals surface area contributed by atoms with Gasteiger partial charge in [0.2, 0.25) is 11.7 Å². The van der Waals surface area contributed by atoms with Crippen molar-refractivity contribution < 1.29 is 4.39 Å². The summed E-state index contributed by atoms with van der Waals surface area (Å²) in [7, 11) is 2.03. The first kappa shape index (κ1) is 20.6. The van der Waals surface area contributed by atoms with Gasteiger partial charge in [0.1, 0.15) is 12.9 Å². The average molecular weight is 412 g/mol. The van der Waals surface area contributed by atoms with Crippen LogP contribution in [0.1, 0.15) is 37.3 Å². The van der Waals surface area contributed by atoms with Gasteiger partial charge in [0.15, 0.2) is 5.69 Å². The molecule has 3 aromatic carbocycles. The van der Waals surface area contributed by atoms with Crippen LogP contribution in [0.4, 0.5) is 10.1 Å². The summed E-state index contributed by atoms with van der Waals surface area (Å²) < 4.78 is 13.6. The third kappa shape index (κ3) is 4.03. The van der Waals surface area contributed by atoms with Crippen LogP contribution in [0.15, 0.2) is 82.9 Å². The number of benzene rings is 3. The number of aliphatic imine (C=N–C) groups is 1. The van der Waals surface area contributed by atoms with Crippen LogP contribution in [0.5, 0.6) is 0 Å². The molecule has 1 atom stereocenters. The number of unbranched alkanes of at least 4 members (excludes halogenated alkanes) is 1. The first-order chi connectivity index (χ1) is 15.0. The first-order valence-corrected chi connectivity index (χ1v) is 10.5. The van der Waals surface area contributed by atoms with E-state index in [-0.39, 0.29) is 10.4 Å². The Balaban J connectivity index is 1.72. The number of hydrogen-bond donors (Lipinski definition) is 0. The Labute approximate surface area is 182 Å². The second-order valence-corrected chi connectivity index (χ2v) is 7.73. The second kappa shape index (κ2) is 8.63. The summed E-state index contributed by atoms with van der Waals surface area (Å²) >= 11 is 0. The zero-order chi connectivity index (χ0) is 21.8. The fraction of sp³-hybridized carbons (Fsp3) is 0.192. The van der Waals surface area contributed by atoms with E-state index in [2.05, 4.69) is 13.0 Å². The Kier molecular flexibility index (Phi) is 5.75. The predicted octanol–water partition coefficient (Wildman–Crippen LogP) is 6.27. The predicted molar refractivity (Wildman–Crippen MR) is 124 cm³/mol. The highest BCUT2D eigenvalue weighted by Crippen LogP contribution is 2.32. The third-order valence-corrected chi connectivity index (χ3v) is 5.62. The highest BCUT2D eigenvalue weighted by molar-refractivity contribution is 6.13. The van der Waals surface area contributed by atoms with Crippen LogP contribution in [-0.2, 0) is 0 Å². The Morgan fingerprint density at radius 3 is 2.29 bits per heavy atom. The Bertz CT molecular complexity index is 1190. The van der Waals surface area contributed by atoms with Gasteiger partial charge < -0.3 is 0 Å². The fourth-order valence-corrected chi connectivity index (χ4v) is 3.79. The molecule has 154 valence electrons. The van der Waals surface area contributed by atoms with Gasteiger partial charge in [-0.3, -0.25) is 0 Å². The van der Waals surface area contributed by atoms with Crippen LogP contribution in [0.25, 0.3) is 11.1 Å². The molecule has 1 aliphatic rings. The quantitative estimate of drug-likeness (QED) is 0.441. The number of hydrogen-bond acceptors (Lipinski definition) is 3. The summed E-state index contributed by atoms with van der Waals surface area (Å²) in [6, 6.07) is 24.3. The molecular weight excluding hydrogens is 387 g/mol. The van der Waals surface area contributed by atoms with Crippen LogP contribution in [-0.4, -0.2) is 18.7 Å². The molecule has 0 amide bonds. The summed E-state index contributed by atoms with van der Waals surface area (Å²) in [5, 5.41) is 14.3. The van der Waals surface area contributed by atoms with Crippen molar-refractivity contribution >= 4 is 17.4 Å². The largest absolute Gasteiger partial charge is 0.236 e. The van der Waals surface area contributed by atoms with E-state index in [0.29, 0.717) is 11.4 Å². The number of quaternary nitrogens is 1. The Morgan fingerprint density at radius 1 is 0.935 bits per heavy atom. The molecular formula is C26H24FN4+. The van der Waals surface area contributed by atoms with Gasteiger partial charge >= 0.3 is 0 Å². The van der Waals surface area contributed by atoms with E-state index in [4.69, 9.17) is 10.1 Å². The molecule has 4 nitrogen and oxygen atoms in total. The monoisotopic (exact) mass is 411 g/mol. The summed E-state index contributed by atoms with van der Waals surface area (Å²) in [5.74, 6) is 1.31. The zero-order valence-electron chi connectivity index (χ0n) is 17.7. The fourth-order valence-electron chi connectivity index (χ4n) is 3.79. The molecule has 0 N–H and O–H groups in total. The topological polar surface area (TPSA) is 48.5 Å². The van der Waals surface area contributed by atoms with Gasteiger partial charge in [0.05, 0.1) is 11.6 Å². The van der Waals surface area contributed by atoms with Gasteiger partial charge in [0.25, 0.3) is 0 Å². The Hall–Kier alpha value is -3.62. The van der Waals surface area contributed by atoms with Crippen molar-refractivity contribution in [3.63, 3.8) is 0 Å². The van der Waals surface area contributed by atoms with Gasteiger partial charge in [-0.1, -0.05) is 31.5 Å². The van der Waals surface area contributed by atoms with Gasteiger partial charge in [-0.25, -0.2) is 4.39 Å². The van der Waals surface area contributed by atoms with Crippen molar-refractivity contribution in [2.45, 2.75) is 26.2 Å². The third-order valence-electron chi connectivity index (χ3n) is 5.62.